The van der Waals surface area contributed by atoms with Gasteiger partial charge < -0.3 is 39.6 Å². The van der Waals surface area contributed by atoms with E-state index in [-0.39, 0.29) is 52.6 Å². The van der Waals surface area contributed by atoms with Gasteiger partial charge in [0.25, 0.3) is 0 Å². The second kappa shape index (κ2) is 22.7. The number of halogens is 2. The molecule has 15 heteroatoms. The van der Waals surface area contributed by atoms with E-state index >= 15 is 0 Å². The molecular weight excluding hydrogens is 857 g/mol. The molecule has 0 unspecified atom stereocenters. The summed E-state index contributed by atoms with van der Waals surface area (Å²) in [5.74, 6) is 0.491. The molecule has 0 radical (unpaired) electrons. The number of aliphatic carboxylic acids is 1. The molecule has 0 aliphatic heterocycles. The second-order valence-electron chi connectivity index (χ2n) is 14.8. The lowest BCUT2D eigenvalue weighted by Gasteiger charge is -2.19. The van der Waals surface area contributed by atoms with Gasteiger partial charge >= 0.3 is 5.97 Å². The van der Waals surface area contributed by atoms with Gasteiger partial charge in [-0.15, -0.1) is 0 Å². The van der Waals surface area contributed by atoms with Crippen molar-refractivity contribution in [3.8, 4) is 40.2 Å². The molecule has 2 aromatic heterocycles. The fourth-order valence-corrected chi connectivity index (χ4v) is 7.39. The second-order valence-corrected chi connectivity index (χ2v) is 15.6. The molecule has 330 valence electrons. The van der Waals surface area contributed by atoms with Crippen molar-refractivity contribution in [3.05, 3.63) is 163 Å². The summed E-state index contributed by atoms with van der Waals surface area (Å²) >= 11 is 13.4. The minimum atomic E-state index is -1.10. The van der Waals surface area contributed by atoms with Gasteiger partial charge in [-0.25, -0.2) is 0 Å². The zero-order valence-corrected chi connectivity index (χ0v) is 37.0. The van der Waals surface area contributed by atoms with Gasteiger partial charge in [-0.1, -0.05) is 59.6 Å². The summed E-state index contributed by atoms with van der Waals surface area (Å²) in [6.45, 7) is 4.25. The zero-order valence-electron chi connectivity index (χ0n) is 35.5. The van der Waals surface area contributed by atoms with Gasteiger partial charge in [0.05, 0.1) is 22.2 Å². The Morgan fingerprint density at radius 2 is 1.30 bits per heavy atom. The summed E-state index contributed by atoms with van der Waals surface area (Å²) in [4.78, 5) is 24.2. The molecule has 0 bridgehead atoms. The highest BCUT2D eigenvalue weighted by Crippen LogP contribution is 2.37. The molecule has 0 saturated carbocycles. The molecule has 13 nitrogen and oxygen atoms in total. The normalized spacial score (nSPS) is 11.6. The predicted molar refractivity (Wildman–Crippen MR) is 244 cm³/mol. The third-order valence-electron chi connectivity index (χ3n) is 10.4. The Labute approximate surface area is 381 Å². The summed E-state index contributed by atoms with van der Waals surface area (Å²) in [5.41, 5.74) is 9.71. The minimum absolute atomic E-state index is 0.0146. The van der Waals surface area contributed by atoms with Crippen LogP contribution in [0.5, 0.6) is 23.0 Å². The molecule has 2 heterocycles. The number of carboxylic acids is 1. The average molecular weight is 905 g/mol. The van der Waals surface area contributed by atoms with Crippen molar-refractivity contribution in [1.29, 1.82) is 5.26 Å². The van der Waals surface area contributed by atoms with Crippen molar-refractivity contribution in [2.24, 2.45) is 4.99 Å². The number of aliphatic imine (C=N–C) groups is 1. The Morgan fingerprint density at radius 3 is 1.84 bits per heavy atom. The van der Waals surface area contributed by atoms with Crippen LogP contribution < -0.4 is 24.3 Å². The molecule has 6 aromatic rings. The third-order valence-corrected chi connectivity index (χ3v) is 11.0. The Balaban J connectivity index is 1.18. The number of carboxylic acid groups (broad SMARTS) is 1. The zero-order chi connectivity index (χ0) is 45.6. The standard InChI is InChI=1S/C49H47Cl2N5O8/c1-30-36(28-63-47-16-45(61-26-34-12-32(18-52)20-54-22-34)38(14-42(47)50)24-56-44(10-11-57)49(59)60)6-4-8-40(30)41-9-5-7-37(31(41)2)29-64-48-17-46(39(25-58)15-43(48)51)62-27-35-13-33(19-53-3)21-55-23-35/h4-9,12-17,19-23,44,56-58H,10-11,24-29H2,1-3H3,(H,59,60)/t44-/m0/s1. The molecule has 0 spiro atoms. The number of nitriles is 1. The Bertz CT molecular complexity index is 2670. The number of nitrogens with zero attached hydrogens (tertiary/aromatic N) is 4. The first kappa shape index (κ1) is 47.0. The maximum Gasteiger partial charge on any atom is 0.320 e. The number of rotatable bonds is 21. The number of aliphatic hydroxyl groups is 2. The van der Waals surface area contributed by atoms with E-state index in [1.165, 1.54) is 6.20 Å². The summed E-state index contributed by atoms with van der Waals surface area (Å²) in [6, 6.07) is 23.4. The van der Waals surface area contributed by atoms with Crippen molar-refractivity contribution in [1.82, 2.24) is 15.3 Å². The van der Waals surface area contributed by atoms with Crippen molar-refractivity contribution in [2.45, 2.75) is 65.9 Å². The topological polar surface area (TPSA) is 189 Å². The highest BCUT2D eigenvalue weighted by Gasteiger charge is 2.20. The monoisotopic (exact) mass is 903 g/mol. The first-order valence-corrected chi connectivity index (χ1v) is 21.0. The number of nitrogens with one attached hydrogen (secondary N) is 1. The molecule has 4 N–H and O–H groups in total. The molecule has 1 atom stereocenters. The van der Waals surface area contributed by atoms with Crippen LogP contribution in [0.1, 0.15) is 62.1 Å². The molecule has 4 aromatic carbocycles. The molecule has 0 fully saturated rings. The fourth-order valence-electron chi connectivity index (χ4n) is 6.91. The van der Waals surface area contributed by atoms with Crippen LogP contribution in [-0.4, -0.2) is 57.2 Å². The van der Waals surface area contributed by atoms with Gasteiger partial charge in [0, 0.05) is 91.2 Å². The van der Waals surface area contributed by atoms with E-state index in [9.17, 15) is 25.4 Å². The third kappa shape index (κ3) is 12.1. The van der Waals surface area contributed by atoms with E-state index in [4.69, 9.17) is 42.1 Å². The van der Waals surface area contributed by atoms with Crippen LogP contribution in [0.3, 0.4) is 0 Å². The lowest BCUT2D eigenvalue weighted by Crippen LogP contribution is -2.37. The summed E-state index contributed by atoms with van der Waals surface area (Å²) in [5, 5.41) is 42.0. The number of hydrogen-bond acceptors (Lipinski definition) is 12. The van der Waals surface area contributed by atoms with Crippen LogP contribution in [0.4, 0.5) is 0 Å². The van der Waals surface area contributed by atoms with E-state index in [0.29, 0.717) is 55.3 Å². The SMILES string of the molecule is CN=Cc1cncc(COc2cc(OCc3cccc(-c4cccc(COc5cc(OCc6cncc(C#N)c6)c(CN[C@@H](CCO)C(=O)O)cc5Cl)c4C)c3C)c(Cl)cc2CO)c1. The number of aliphatic hydroxyl groups excluding tert-OH is 2. The highest BCUT2D eigenvalue weighted by molar-refractivity contribution is 6.32. The van der Waals surface area contributed by atoms with Crippen LogP contribution >= 0.6 is 23.2 Å². The lowest BCUT2D eigenvalue weighted by molar-refractivity contribution is -0.140. The van der Waals surface area contributed by atoms with Crippen LogP contribution in [0.2, 0.25) is 10.0 Å². The fraction of sp³-hybridized carbons (Fsp3) is 0.245. The number of aromatic nitrogens is 2. The maximum absolute atomic E-state index is 11.8. The summed E-state index contributed by atoms with van der Waals surface area (Å²) in [6.07, 6.45) is 8.20. The van der Waals surface area contributed by atoms with Gasteiger partial charge in [0.2, 0.25) is 0 Å². The number of hydrogen-bond donors (Lipinski definition) is 4. The predicted octanol–water partition coefficient (Wildman–Crippen LogP) is 8.72. The van der Waals surface area contributed by atoms with E-state index in [1.54, 1.807) is 62.2 Å². The van der Waals surface area contributed by atoms with Crippen molar-refractivity contribution in [3.63, 3.8) is 0 Å². The smallest absolute Gasteiger partial charge is 0.320 e. The Kier molecular flexibility index (Phi) is 16.7. The molecule has 0 aliphatic carbocycles. The number of pyridine rings is 2. The van der Waals surface area contributed by atoms with Gasteiger partial charge in [0.15, 0.2) is 0 Å². The first-order valence-electron chi connectivity index (χ1n) is 20.2. The molecule has 0 amide bonds. The quantitative estimate of drug-likeness (QED) is 0.0504. The van der Waals surface area contributed by atoms with Crippen LogP contribution in [0.25, 0.3) is 11.1 Å². The van der Waals surface area contributed by atoms with Gasteiger partial charge in [-0.3, -0.25) is 19.8 Å². The van der Waals surface area contributed by atoms with Crippen LogP contribution in [-0.2, 0) is 44.4 Å². The minimum Gasteiger partial charge on any atom is -0.488 e. The number of ether oxygens (including phenoxy) is 4. The molecule has 0 saturated heterocycles. The Hall–Kier alpha value is -6.53. The van der Waals surface area contributed by atoms with Crippen molar-refractivity contribution < 1.29 is 39.1 Å². The lowest BCUT2D eigenvalue weighted by atomic mass is 9.92. The largest absolute Gasteiger partial charge is 0.488 e. The van der Waals surface area contributed by atoms with E-state index in [1.807, 2.05) is 44.2 Å². The number of carbonyl (C=O) groups is 1. The van der Waals surface area contributed by atoms with E-state index in [2.05, 4.69) is 38.5 Å². The average Bonchev–Trinajstić information content (AvgIpc) is 3.29. The van der Waals surface area contributed by atoms with Crippen molar-refractivity contribution >= 4 is 35.4 Å². The number of benzene rings is 4. The molecule has 0 aliphatic rings. The van der Waals surface area contributed by atoms with E-state index < -0.39 is 12.0 Å². The van der Waals surface area contributed by atoms with Gasteiger partial charge in [0.1, 0.15) is 61.5 Å². The van der Waals surface area contributed by atoms with E-state index in [0.717, 1.165) is 44.5 Å². The highest BCUT2D eigenvalue weighted by atomic mass is 35.5. The van der Waals surface area contributed by atoms with Crippen LogP contribution in [0, 0.1) is 25.2 Å². The van der Waals surface area contributed by atoms with Crippen molar-refractivity contribution in [2.75, 3.05) is 13.7 Å². The Morgan fingerprint density at radius 1 is 0.750 bits per heavy atom. The molecule has 6 rings (SSSR count). The first-order chi connectivity index (χ1) is 31.0. The summed E-state index contributed by atoms with van der Waals surface area (Å²) < 4.78 is 24.9. The van der Waals surface area contributed by atoms with Gasteiger partial charge in [-0.2, -0.15) is 5.26 Å². The summed E-state index contributed by atoms with van der Waals surface area (Å²) in [7, 11) is 1.69. The van der Waals surface area contributed by atoms with Gasteiger partial charge in [-0.05, 0) is 77.9 Å². The molecule has 64 heavy (non-hydrogen) atoms. The molecular formula is C49H47Cl2N5O8. The maximum atomic E-state index is 11.8. The van der Waals surface area contributed by atoms with Crippen LogP contribution in [0.15, 0.2) is 103 Å².